The first-order valence-electron chi connectivity index (χ1n) is 6.13. The molecule has 0 bridgehead atoms. The first kappa shape index (κ1) is 16.5. The molecule has 1 aromatic rings. The Hall–Kier alpha value is -2.52. The zero-order valence-corrected chi connectivity index (χ0v) is 11.5. The summed E-state index contributed by atoms with van der Waals surface area (Å²) in [6.45, 7) is 3.79. The van der Waals surface area contributed by atoms with Gasteiger partial charge in [0.25, 0.3) is 17.5 Å². The number of benzene rings is 1. The Morgan fingerprint density at radius 2 is 1.48 bits per heavy atom. The summed E-state index contributed by atoms with van der Waals surface area (Å²) in [5.74, 6) is -1.38. The molecule has 0 atom stereocenters. The molecule has 0 fully saturated rings. The van der Waals surface area contributed by atoms with Crippen LogP contribution in [-0.4, -0.2) is 30.0 Å². The van der Waals surface area contributed by atoms with E-state index in [1.165, 1.54) is 6.07 Å². The van der Waals surface area contributed by atoms with Gasteiger partial charge in [-0.25, -0.2) is 11.0 Å². The van der Waals surface area contributed by atoms with Gasteiger partial charge in [0.2, 0.25) is 0 Å². The Morgan fingerprint density at radius 3 is 1.81 bits per heavy atom. The van der Waals surface area contributed by atoms with E-state index in [1.807, 2.05) is 0 Å². The summed E-state index contributed by atoms with van der Waals surface area (Å²) < 4.78 is 0. The number of rotatable bonds is 7. The quantitative estimate of drug-likeness (QED) is 0.571. The number of nitro benzene ring substituents is 1. The van der Waals surface area contributed by atoms with Gasteiger partial charge in [0, 0.05) is 23.3 Å². The van der Waals surface area contributed by atoms with E-state index in [4.69, 9.17) is 9.68 Å². The molecule has 0 aliphatic carbocycles. The van der Waals surface area contributed by atoms with Crippen LogP contribution in [0.25, 0.3) is 0 Å². The lowest BCUT2D eigenvalue weighted by atomic mass is 10.1. The molecular formula is C12H15N3O6. The van der Waals surface area contributed by atoms with E-state index in [-0.39, 0.29) is 30.0 Å². The van der Waals surface area contributed by atoms with E-state index in [1.54, 1.807) is 13.8 Å². The van der Waals surface area contributed by atoms with Gasteiger partial charge >= 0.3 is 0 Å². The Balaban J connectivity index is 3.08. The molecule has 21 heavy (non-hydrogen) atoms. The SMILES string of the molecule is CCONC(=O)c1cc(C(=O)NOCC)cc([N+](=O)[O-])c1. The fraction of sp³-hybridized carbons (Fsp3) is 0.333. The summed E-state index contributed by atoms with van der Waals surface area (Å²) in [4.78, 5) is 43.1. The monoisotopic (exact) mass is 297 g/mol. The minimum Gasteiger partial charge on any atom is -0.274 e. The second kappa shape index (κ2) is 7.92. The summed E-state index contributed by atoms with van der Waals surface area (Å²) in [5.41, 5.74) is 3.67. The highest BCUT2D eigenvalue weighted by atomic mass is 16.7. The zero-order chi connectivity index (χ0) is 15.8. The summed E-state index contributed by atoms with van der Waals surface area (Å²) >= 11 is 0. The van der Waals surface area contributed by atoms with Crippen molar-refractivity contribution in [2.24, 2.45) is 0 Å². The molecule has 0 saturated heterocycles. The number of non-ortho nitro benzene ring substituents is 1. The van der Waals surface area contributed by atoms with Crippen molar-refractivity contribution >= 4 is 17.5 Å². The van der Waals surface area contributed by atoms with E-state index in [0.717, 1.165) is 12.1 Å². The summed E-state index contributed by atoms with van der Waals surface area (Å²) in [7, 11) is 0. The van der Waals surface area contributed by atoms with Gasteiger partial charge < -0.3 is 0 Å². The van der Waals surface area contributed by atoms with Gasteiger partial charge in [-0.15, -0.1) is 0 Å². The predicted molar refractivity (Wildman–Crippen MR) is 71.3 cm³/mol. The molecule has 0 radical (unpaired) electrons. The van der Waals surface area contributed by atoms with E-state index < -0.39 is 16.7 Å². The van der Waals surface area contributed by atoms with Gasteiger partial charge in [-0.05, 0) is 19.9 Å². The van der Waals surface area contributed by atoms with Crippen molar-refractivity contribution in [3.05, 3.63) is 39.4 Å². The Labute approximate surface area is 120 Å². The maximum Gasteiger partial charge on any atom is 0.275 e. The van der Waals surface area contributed by atoms with Crippen molar-refractivity contribution < 1.29 is 24.2 Å². The lowest BCUT2D eigenvalue weighted by Gasteiger charge is -2.07. The number of nitro groups is 1. The molecule has 0 unspecified atom stereocenters. The second-order valence-corrected chi connectivity index (χ2v) is 3.75. The Bertz CT molecular complexity index is 508. The van der Waals surface area contributed by atoms with Crippen LogP contribution in [0.3, 0.4) is 0 Å². The number of hydroxylamine groups is 2. The molecule has 9 heteroatoms. The van der Waals surface area contributed by atoms with Crippen molar-refractivity contribution in [3.8, 4) is 0 Å². The third kappa shape index (κ3) is 4.82. The number of hydrogen-bond donors (Lipinski definition) is 2. The van der Waals surface area contributed by atoms with Gasteiger partial charge in [-0.1, -0.05) is 0 Å². The van der Waals surface area contributed by atoms with Crippen LogP contribution in [-0.2, 0) is 9.68 Å². The van der Waals surface area contributed by atoms with Crippen molar-refractivity contribution in [1.29, 1.82) is 0 Å². The van der Waals surface area contributed by atoms with E-state index >= 15 is 0 Å². The number of carbonyl (C=O) groups is 2. The topological polar surface area (TPSA) is 120 Å². The molecule has 2 N–H and O–H groups in total. The van der Waals surface area contributed by atoms with E-state index in [2.05, 4.69) is 11.0 Å². The fourth-order valence-corrected chi connectivity index (χ4v) is 1.37. The maximum atomic E-state index is 11.7. The third-order valence-corrected chi connectivity index (χ3v) is 2.27. The highest BCUT2D eigenvalue weighted by molar-refractivity contribution is 6.00. The summed E-state index contributed by atoms with van der Waals surface area (Å²) in [5, 5.41) is 10.9. The van der Waals surface area contributed by atoms with Crippen molar-refractivity contribution in [2.45, 2.75) is 13.8 Å². The number of amides is 2. The number of carbonyl (C=O) groups excluding carboxylic acids is 2. The summed E-state index contributed by atoms with van der Waals surface area (Å²) in [6, 6.07) is 3.30. The maximum absolute atomic E-state index is 11.7. The molecule has 0 saturated carbocycles. The minimum atomic E-state index is -0.699. The Morgan fingerprint density at radius 1 is 1.05 bits per heavy atom. The van der Waals surface area contributed by atoms with Crippen LogP contribution in [0, 0.1) is 10.1 Å². The predicted octanol–water partition coefficient (Wildman–Crippen LogP) is 0.957. The zero-order valence-electron chi connectivity index (χ0n) is 11.5. The molecule has 0 aromatic heterocycles. The first-order valence-corrected chi connectivity index (χ1v) is 6.13. The van der Waals surface area contributed by atoms with Crippen LogP contribution in [0.4, 0.5) is 5.69 Å². The van der Waals surface area contributed by atoms with E-state index in [0.29, 0.717) is 0 Å². The largest absolute Gasteiger partial charge is 0.275 e. The Kier molecular flexibility index (Phi) is 6.24. The van der Waals surface area contributed by atoms with Gasteiger partial charge in [0.1, 0.15) is 0 Å². The molecule has 1 rings (SSSR count). The van der Waals surface area contributed by atoms with E-state index in [9.17, 15) is 19.7 Å². The minimum absolute atomic E-state index is 0.0701. The summed E-state index contributed by atoms with van der Waals surface area (Å²) in [6.07, 6.45) is 0. The number of nitrogens with one attached hydrogen (secondary N) is 2. The van der Waals surface area contributed by atoms with Crippen LogP contribution in [0.15, 0.2) is 18.2 Å². The van der Waals surface area contributed by atoms with Crippen LogP contribution < -0.4 is 11.0 Å². The first-order chi connectivity index (χ1) is 9.99. The van der Waals surface area contributed by atoms with Gasteiger partial charge in [0.15, 0.2) is 0 Å². The molecular weight excluding hydrogens is 282 g/mol. The van der Waals surface area contributed by atoms with Crippen molar-refractivity contribution in [3.63, 3.8) is 0 Å². The normalized spacial score (nSPS) is 10.0. The van der Waals surface area contributed by atoms with Crippen LogP contribution in [0.5, 0.6) is 0 Å². The molecule has 0 spiro atoms. The average molecular weight is 297 g/mol. The molecule has 0 aliphatic heterocycles. The van der Waals surface area contributed by atoms with Crippen LogP contribution in [0.2, 0.25) is 0 Å². The lowest BCUT2D eigenvalue weighted by Crippen LogP contribution is -2.26. The van der Waals surface area contributed by atoms with Crippen LogP contribution >= 0.6 is 0 Å². The highest BCUT2D eigenvalue weighted by Crippen LogP contribution is 2.17. The smallest absolute Gasteiger partial charge is 0.274 e. The fourth-order valence-electron chi connectivity index (χ4n) is 1.37. The average Bonchev–Trinajstić information content (AvgIpc) is 2.49. The third-order valence-electron chi connectivity index (χ3n) is 2.27. The van der Waals surface area contributed by atoms with Gasteiger partial charge in [-0.3, -0.25) is 29.4 Å². The molecule has 0 aliphatic rings. The molecule has 9 nitrogen and oxygen atoms in total. The second-order valence-electron chi connectivity index (χ2n) is 3.75. The number of nitrogens with zero attached hydrogens (tertiary/aromatic N) is 1. The van der Waals surface area contributed by atoms with Crippen LogP contribution in [0.1, 0.15) is 34.6 Å². The molecule has 114 valence electrons. The standard InChI is InChI=1S/C12H15N3O6/c1-3-20-13-11(16)8-5-9(12(17)14-21-4-2)7-10(6-8)15(18)19/h5-7H,3-4H2,1-2H3,(H,13,16)(H,14,17). The lowest BCUT2D eigenvalue weighted by molar-refractivity contribution is -0.384. The molecule has 1 aromatic carbocycles. The highest BCUT2D eigenvalue weighted by Gasteiger charge is 2.18. The molecule has 2 amide bonds. The van der Waals surface area contributed by atoms with Gasteiger partial charge in [0.05, 0.1) is 18.1 Å². The van der Waals surface area contributed by atoms with Crippen molar-refractivity contribution in [2.75, 3.05) is 13.2 Å². The van der Waals surface area contributed by atoms with Crippen molar-refractivity contribution in [1.82, 2.24) is 11.0 Å². The molecule has 0 heterocycles. The number of hydrogen-bond acceptors (Lipinski definition) is 6. The van der Waals surface area contributed by atoms with Gasteiger partial charge in [-0.2, -0.15) is 0 Å².